The largest absolute Gasteiger partial charge is 0.494 e. The fourth-order valence-electron chi connectivity index (χ4n) is 4.58. The van der Waals surface area contributed by atoms with Crippen LogP contribution in [-0.2, 0) is 16.1 Å². The summed E-state index contributed by atoms with van der Waals surface area (Å²) in [5, 5.41) is 9.75. The number of aryl methyl sites for hydroxylation is 2. The van der Waals surface area contributed by atoms with Crippen LogP contribution in [0.2, 0.25) is 0 Å². The molecule has 0 saturated carbocycles. The number of fused-ring (bicyclic) bond motifs is 1. The minimum absolute atomic E-state index is 0.0260. The Kier molecular flexibility index (Phi) is 14.0. The molecule has 1 unspecified atom stereocenters. The van der Waals surface area contributed by atoms with Gasteiger partial charge in [-0.2, -0.15) is 0 Å². The van der Waals surface area contributed by atoms with Crippen molar-refractivity contribution in [1.29, 1.82) is 0 Å². The molecule has 0 aromatic heterocycles. The number of carbonyl (C=O) groups excluding carboxylic acids is 1. The lowest BCUT2D eigenvalue weighted by Gasteiger charge is -2.15. The molecule has 0 bridgehead atoms. The van der Waals surface area contributed by atoms with E-state index in [0.29, 0.717) is 19.6 Å². The Labute approximate surface area is 239 Å². The van der Waals surface area contributed by atoms with E-state index in [1.165, 1.54) is 29.4 Å². The van der Waals surface area contributed by atoms with Gasteiger partial charge in [0.05, 0.1) is 26.7 Å². The molecule has 218 valence electrons. The molecular weight excluding hydrogens is 506 g/mol. The topological polar surface area (TPSA) is 86.3 Å². The van der Waals surface area contributed by atoms with Gasteiger partial charge in [0.1, 0.15) is 23.9 Å². The van der Waals surface area contributed by atoms with Crippen molar-refractivity contribution in [1.82, 2.24) is 5.32 Å². The molecular formula is C33H45NO6. The van der Waals surface area contributed by atoms with E-state index < -0.39 is 0 Å². The Morgan fingerprint density at radius 1 is 1.00 bits per heavy atom. The van der Waals surface area contributed by atoms with E-state index in [4.69, 9.17) is 24.1 Å². The van der Waals surface area contributed by atoms with Crippen LogP contribution in [0.3, 0.4) is 0 Å². The van der Waals surface area contributed by atoms with E-state index in [-0.39, 0.29) is 11.9 Å². The van der Waals surface area contributed by atoms with Gasteiger partial charge < -0.3 is 29.4 Å². The molecule has 7 heteroatoms. The summed E-state index contributed by atoms with van der Waals surface area (Å²) in [4.78, 5) is 11.6. The Morgan fingerprint density at radius 2 is 1.70 bits per heavy atom. The van der Waals surface area contributed by atoms with Crippen LogP contribution >= 0.6 is 0 Å². The second kappa shape index (κ2) is 17.2. The van der Waals surface area contributed by atoms with E-state index in [1.807, 2.05) is 32.3 Å². The van der Waals surface area contributed by atoms with Crippen LogP contribution in [0, 0.1) is 13.8 Å². The fourth-order valence-corrected chi connectivity index (χ4v) is 4.58. The highest BCUT2D eigenvalue weighted by atomic mass is 16.5. The molecule has 0 spiro atoms. The number of aliphatic hydroxyl groups is 1. The summed E-state index contributed by atoms with van der Waals surface area (Å²) in [5.41, 5.74) is 6.92. The van der Waals surface area contributed by atoms with E-state index in [9.17, 15) is 4.79 Å². The number of rotatable bonds is 10. The molecule has 3 aromatic carbocycles. The summed E-state index contributed by atoms with van der Waals surface area (Å²) in [6.07, 6.45) is 2.51. The minimum atomic E-state index is -0.226. The molecule has 0 saturated heterocycles. The quantitative estimate of drug-likeness (QED) is 0.229. The number of hydrogen-bond donors (Lipinski definition) is 2. The average molecular weight is 552 g/mol. The van der Waals surface area contributed by atoms with Gasteiger partial charge in [-0.3, -0.25) is 4.79 Å². The Morgan fingerprint density at radius 3 is 2.35 bits per heavy atom. The molecule has 1 aliphatic heterocycles. The predicted molar refractivity (Wildman–Crippen MR) is 161 cm³/mol. The molecule has 7 nitrogen and oxygen atoms in total. The van der Waals surface area contributed by atoms with Crippen LogP contribution in [0.25, 0.3) is 11.1 Å². The van der Waals surface area contributed by atoms with Crippen LogP contribution < -0.4 is 19.5 Å². The van der Waals surface area contributed by atoms with Crippen LogP contribution in [0.15, 0.2) is 54.6 Å². The molecule has 1 atom stereocenters. The van der Waals surface area contributed by atoms with Gasteiger partial charge in [0.2, 0.25) is 0 Å². The molecule has 0 fully saturated rings. The van der Waals surface area contributed by atoms with Crippen molar-refractivity contribution in [2.75, 3.05) is 41.5 Å². The smallest absolute Gasteiger partial charge is 0.306 e. The third-order valence-corrected chi connectivity index (χ3v) is 6.40. The van der Waals surface area contributed by atoms with Gasteiger partial charge in [-0.1, -0.05) is 37.6 Å². The van der Waals surface area contributed by atoms with Gasteiger partial charge in [-0.15, -0.1) is 0 Å². The number of aliphatic hydroxyl groups excluding tert-OH is 1. The molecule has 0 radical (unpaired) electrons. The Bertz CT molecular complexity index is 1190. The van der Waals surface area contributed by atoms with E-state index >= 15 is 0 Å². The van der Waals surface area contributed by atoms with Gasteiger partial charge in [-0.05, 0) is 86.4 Å². The Balaban J connectivity index is 0.00000105. The van der Waals surface area contributed by atoms with Crippen LogP contribution in [-0.4, -0.2) is 52.6 Å². The normalized spacial score (nSPS) is 13.1. The lowest BCUT2D eigenvalue weighted by atomic mass is 9.94. The summed E-state index contributed by atoms with van der Waals surface area (Å²) >= 11 is 0. The highest BCUT2D eigenvalue weighted by Gasteiger charge is 2.27. The average Bonchev–Trinajstić information content (AvgIpc) is 3.35. The maximum Gasteiger partial charge on any atom is 0.306 e. The van der Waals surface area contributed by atoms with Crippen molar-refractivity contribution >= 4 is 5.97 Å². The van der Waals surface area contributed by atoms with E-state index in [2.05, 4.69) is 62.5 Å². The van der Waals surface area contributed by atoms with Crippen molar-refractivity contribution in [3.8, 4) is 28.4 Å². The molecule has 3 aromatic rings. The van der Waals surface area contributed by atoms with Crippen LogP contribution in [0.5, 0.6) is 17.2 Å². The summed E-state index contributed by atoms with van der Waals surface area (Å²) < 4.78 is 22.6. The number of nitrogens with one attached hydrogen (secondary N) is 1. The molecule has 4 rings (SSSR count). The first-order chi connectivity index (χ1) is 19.4. The summed E-state index contributed by atoms with van der Waals surface area (Å²) in [6.45, 7) is 8.12. The Hall–Kier alpha value is -3.55. The summed E-state index contributed by atoms with van der Waals surface area (Å²) in [7, 11) is 6.16. The van der Waals surface area contributed by atoms with Crippen molar-refractivity contribution in [2.45, 2.75) is 52.6 Å². The lowest BCUT2D eigenvalue weighted by molar-refractivity contribution is -0.141. The van der Waals surface area contributed by atoms with Gasteiger partial charge in [0, 0.05) is 24.7 Å². The van der Waals surface area contributed by atoms with Crippen LogP contribution in [0.4, 0.5) is 0 Å². The number of benzene rings is 3. The number of ether oxygens (including phenoxy) is 4. The third-order valence-electron chi connectivity index (χ3n) is 6.40. The molecule has 0 amide bonds. The first-order valence-corrected chi connectivity index (χ1v) is 13.7. The van der Waals surface area contributed by atoms with Crippen molar-refractivity contribution < 1.29 is 28.8 Å². The zero-order valence-corrected chi connectivity index (χ0v) is 25.0. The second-order valence-corrected chi connectivity index (χ2v) is 9.61. The molecule has 2 N–H and O–H groups in total. The lowest BCUT2D eigenvalue weighted by Crippen LogP contribution is -2.09. The maximum absolute atomic E-state index is 11.6. The fraction of sp³-hybridized carbons (Fsp3) is 0.424. The first-order valence-electron chi connectivity index (χ1n) is 13.7. The third kappa shape index (κ3) is 9.28. The molecule has 40 heavy (non-hydrogen) atoms. The monoisotopic (exact) mass is 551 g/mol. The summed E-state index contributed by atoms with van der Waals surface area (Å²) in [6, 6.07) is 18.5. The van der Waals surface area contributed by atoms with Gasteiger partial charge >= 0.3 is 5.97 Å². The predicted octanol–water partition coefficient (Wildman–Crippen LogP) is 6.21. The molecule has 1 heterocycles. The maximum atomic E-state index is 11.6. The SMILES string of the molecule is CCCCOc1cc(C)c(-c2cccc(COc3ccc4c(c3)OCC4CC(=O)OC)c2)c(C)c1.CNC.CO. The zero-order valence-electron chi connectivity index (χ0n) is 25.0. The second-order valence-electron chi connectivity index (χ2n) is 9.61. The highest BCUT2D eigenvalue weighted by Crippen LogP contribution is 2.38. The number of unbranched alkanes of at least 4 members (excludes halogenated alkanes) is 1. The van der Waals surface area contributed by atoms with Gasteiger partial charge in [-0.25, -0.2) is 0 Å². The highest BCUT2D eigenvalue weighted by molar-refractivity contribution is 5.72. The van der Waals surface area contributed by atoms with Gasteiger partial charge in [0.25, 0.3) is 0 Å². The van der Waals surface area contributed by atoms with Crippen molar-refractivity contribution in [2.24, 2.45) is 0 Å². The number of methoxy groups -OCH3 is 1. The van der Waals surface area contributed by atoms with Gasteiger partial charge in [0.15, 0.2) is 0 Å². The minimum Gasteiger partial charge on any atom is -0.494 e. The molecule has 0 aliphatic carbocycles. The standard InChI is InChI=1S/C30H34O5.C2H7N.CH4O/c1-5-6-12-33-26-13-20(2)30(21(3)14-26)23-9-7-8-22(15-23)18-34-25-10-11-27-24(16-29(31)32-4)19-35-28(27)17-25;1-3-2;1-2/h7-11,13-15,17,24H,5-6,12,16,18-19H2,1-4H3;3H,1-2H3;2H,1H3. The van der Waals surface area contributed by atoms with E-state index in [0.717, 1.165) is 54.9 Å². The van der Waals surface area contributed by atoms with E-state index in [1.54, 1.807) is 0 Å². The van der Waals surface area contributed by atoms with Crippen molar-refractivity contribution in [3.05, 3.63) is 76.9 Å². The summed E-state index contributed by atoms with van der Waals surface area (Å²) in [5.74, 6) is 2.25. The number of hydrogen-bond acceptors (Lipinski definition) is 7. The van der Waals surface area contributed by atoms with Crippen molar-refractivity contribution in [3.63, 3.8) is 0 Å². The zero-order chi connectivity index (χ0) is 29.5. The number of esters is 1. The van der Waals surface area contributed by atoms with Crippen LogP contribution in [0.1, 0.15) is 54.4 Å². The first kappa shape index (κ1) is 32.7. The molecule has 1 aliphatic rings. The number of carbonyl (C=O) groups is 1.